The van der Waals surface area contributed by atoms with Crippen molar-refractivity contribution in [3.63, 3.8) is 0 Å². The molecule has 2 aliphatic rings. The monoisotopic (exact) mass is 255 g/mol. The van der Waals surface area contributed by atoms with Crippen molar-refractivity contribution in [1.29, 1.82) is 0 Å². The summed E-state index contributed by atoms with van der Waals surface area (Å²) in [6, 6.07) is 0. The van der Waals surface area contributed by atoms with Crippen LogP contribution in [0.3, 0.4) is 0 Å². The second-order valence-electron chi connectivity index (χ2n) is 5.69. The zero-order valence-electron chi connectivity index (χ0n) is 10.8. The molecule has 1 saturated heterocycles. The van der Waals surface area contributed by atoms with E-state index in [-0.39, 0.29) is 12.3 Å². The molecule has 1 aliphatic carbocycles. The average Bonchev–Trinajstić information content (AvgIpc) is 2.88. The van der Waals surface area contributed by atoms with E-state index in [2.05, 4.69) is 5.32 Å². The van der Waals surface area contributed by atoms with Crippen LogP contribution in [0, 0.1) is 0 Å². The van der Waals surface area contributed by atoms with Crippen molar-refractivity contribution in [2.24, 2.45) is 0 Å². The lowest BCUT2D eigenvalue weighted by Gasteiger charge is -2.33. The SMILES string of the molecule is CC1(C(=O)NC2(CC(=O)O)CCCC2)CCCO1. The molecule has 1 aliphatic heterocycles. The number of hydrogen-bond acceptors (Lipinski definition) is 3. The molecule has 2 fully saturated rings. The molecule has 18 heavy (non-hydrogen) atoms. The van der Waals surface area contributed by atoms with E-state index in [9.17, 15) is 9.59 Å². The third-order valence-electron chi connectivity index (χ3n) is 4.13. The maximum atomic E-state index is 12.3. The Hall–Kier alpha value is -1.10. The van der Waals surface area contributed by atoms with Crippen molar-refractivity contribution in [2.45, 2.75) is 63.0 Å². The van der Waals surface area contributed by atoms with Gasteiger partial charge in [-0.3, -0.25) is 9.59 Å². The number of carbonyl (C=O) groups is 2. The van der Waals surface area contributed by atoms with Crippen LogP contribution in [-0.2, 0) is 14.3 Å². The van der Waals surface area contributed by atoms with Crippen LogP contribution >= 0.6 is 0 Å². The highest BCUT2D eigenvalue weighted by molar-refractivity contribution is 5.86. The number of carbonyl (C=O) groups excluding carboxylic acids is 1. The molecule has 0 aromatic carbocycles. The summed E-state index contributed by atoms with van der Waals surface area (Å²) in [6.45, 7) is 2.40. The van der Waals surface area contributed by atoms with Gasteiger partial charge in [-0.2, -0.15) is 0 Å². The van der Waals surface area contributed by atoms with E-state index >= 15 is 0 Å². The minimum absolute atomic E-state index is 0.00875. The first-order valence-corrected chi connectivity index (χ1v) is 6.64. The zero-order valence-corrected chi connectivity index (χ0v) is 10.8. The third-order valence-corrected chi connectivity index (χ3v) is 4.13. The number of amides is 1. The lowest BCUT2D eigenvalue weighted by molar-refractivity contribution is -0.144. The van der Waals surface area contributed by atoms with Gasteiger partial charge >= 0.3 is 5.97 Å². The molecule has 2 rings (SSSR count). The summed E-state index contributed by atoms with van der Waals surface area (Å²) in [7, 11) is 0. The number of carboxylic acids is 1. The molecule has 0 bridgehead atoms. The van der Waals surface area contributed by atoms with Crippen LogP contribution in [0.25, 0.3) is 0 Å². The van der Waals surface area contributed by atoms with Crippen molar-refractivity contribution in [1.82, 2.24) is 5.32 Å². The fourth-order valence-electron chi connectivity index (χ4n) is 3.02. The Morgan fingerprint density at radius 3 is 2.39 bits per heavy atom. The number of aliphatic carboxylic acids is 1. The number of hydrogen-bond donors (Lipinski definition) is 2. The van der Waals surface area contributed by atoms with E-state index in [4.69, 9.17) is 9.84 Å². The van der Waals surface area contributed by atoms with Crippen molar-refractivity contribution >= 4 is 11.9 Å². The first-order chi connectivity index (χ1) is 8.46. The predicted octanol–water partition coefficient (Wildman–Crippen LogP) is 1.46. The highest BCUT2D eigenvalue weighted by atomic mass is 16.5. The Morgan fingerprint density at radius 1 is 1.22 bits per heavy atom. The van der Waals surface area contributed by atoms with E-state index in [0.717, 1.165) is 32.1 Å². The molecule has 1 unspecified atom stereocenters. The summed E-state index contributed by atoms with van der Waals surface area (Å²) in [6.07, 6.45) is 5.06. The van der Waals surface area contributed by atoms with Crippen molar-refractivity contribution in [3.05, 3.63) is 0 Å². The molecule has 1 heterocycles. The van der Waals surface area contributed by atoms with E-state index in [1.165, 1.54) is 0 Å². The van der Waals surface area contributed by atoms with Gasteiger partial charge < -0.3 is 15.2 Å². The smallest absolute Gasteiger partial charge is 0.305 e. The first kappa shape index (κ1) is 13.3. The molecule has 5 nitrogen and oxygen atoms in total. The number of carboxylic acid groups (broad SMARTS) is 1. The molecule has 102 valence electrons. The van der Waals surface area contributed by atoms with Crippen LogP contribution in [0.4, 0.5) is 0 Å². The minimum Gasteiger partial charge on any atom is -0.481 e. The average molecular weight is 255 g/mol. The summed E-state index contributed by atoms with van der Waals surface area (Å²) < 4.78 is 5.50. The molecule has 0 aromatic rings. The maximum Gasteiger partial charge on any atom is 0.305 e. The Bertz CT molecular complexity index is 341. The van der Waals surface area contributed by atoms with Crippen LogP contribution < -0.4 is 5.32 Å². The molecule has 0 aromatic heterocycles. The lowest BCUT2D eigenvalue weighted by atomic mass is 9.91. The Morgan fingerprint density at radius 2 is 1.89 bits per heavy atom. The summed E-state index contributed by atoms with van der Waals surface area (Å²) in [5, 5.41) is 12.0. The van der Waals surface area contributed by atoms with Gasteiger partial charge in [0.2, 0.25) is 0 Å². The van der Waals surface area contributed by atoms with E-state index in [1.807, 2.05) is 0 Å². The molecule has 1 amide bonds. The maximum absolute atomic E-state index is 12.3. The Labute approximate surface area is 107 Å². The largest absolute Gasteiger partial charge is 0.481 e. The van der Waals surface area contributed by atoms with Crippen LogP contribution in [0.15, 0.2) is 0 Å². The highest BCUT2D eigenvalue weighted by Crippen LogP contribution is 2.34. The van der Waals surface area contributed by atoms with Crippen molar-refractivity contribution in [2.75, 3.05) is 6.61 Å². The molecule has 2 N–H and O–H groups in total. The van der Waals surface area contributed by atoms with Gasteiger partial charge in [-0.25, -0.2) is 0 Å². The van der Waals surface area contributed by atoms with Gasteiger partial charge in [-0.15, -0.1) is 0 Å². The van der Waals surface area contributed by atoms with E-state index in [1.54, 1.807) is 6.92 Å². The lowest BCUT2D eigenvalue weighted by Crippen LogP contribution is -2.55. The second kappa shape index (κ2) is 4.88. The van der Waals surface area contributed by atoms with Gasteiger partial charge in [0, 0.05) is 6.61 Å². The van der Waals surface area contributed by atoms with Gasteiger partial charge in [0.05, 0.1) is 12.0 Å². The topological polar surface area (TPSA) is 75.6 Å². The molecular formula is C13H21NO4. The highest BCUT2D eigenvalue weighted by Gasteiger charge is 2.44. The minimum atomic E-state index is -0.852. The van der Waals surface area contributed by atoms with E-state index in [0.29, 0.717) is 13.0 Å². The van der Waals surface area contributed by atoms with Crippen molar-refractivity contribution < 1.29 is 19.4 Å². The Balaban J connectivity index is 2.04. The van der Waals surface area contributed by atoms with Gasteiger partial charge in [-0.1, -0.05) is 12.8 Å². The van der Waals surface area contributed by atoms with Crippen molar-refractivity contribution in [3.8, 4) is 0 Å². The summed E-state index contributed by atoms with van der Waals surface area (Å²) in [4.78, 5) is 23.2. The second-order valence-corrected chi connectivity index (χ2v) is 5.69. The van der Waals surface area contributed by atoms with Crippen LogP contribution in [-0.4, -0.2) is 34.7 Å². The quantitative estimate of drug-likeness (QED) is 0.797. The standard InChI is InChI=1S/C13H21NO4/c1-12(5-4-8-18-12)11(17)14-13(9-10(15)16)6-2-3-7-13/h2-9H2,1H3,(H,14,17)(H,15,16). The molecule has 0 radical (unpaired) electrons. The molecule has 0 spiro atoms. The zero-order chi connectivity index (χ0) is 13.2. The van der Waals surface area contributed by atoms with Crippen LogP contribution in [0.2, 0.25) is 0 Å². The molecule has 1 atom stereocenters. The normalized spacial score (nSPS) is 30.3. The predicted molar refractivity (Wildman–Crippen MR) is 65.2 cm³/mol. The number of nitrogens with one attached hydrogen (secondary N) is 1. The summed E-state index contributed by atoms with van der Waals surface area (Å²) in [5.41, 5.74) is -1.33. The fraction of sp³-hybridized carbons (Fsp3) is 0.846. The van der Waals surface area contributed by atoms with Crippen LogP contribution in [0.1, 0.15) is 51.9 Å². The number of ether oxygens (including phenoxy) is 1. The molecule has 1 saturated carbocycles. The first-order valence-electron chi connectivity index (χ1n) is 6.64. The number of rotatable bonds is 4. The van der Waals surface area contributed by atoms with Gasteiger partial charge in [0.15, 0.2) is 0 Å². The molecular weight excluding hydrogens is 234 g/mol. The van der Waals surface area contributed by atoms with Gasteiger partial charge in [0.25, 0.3) is 5.91 Å². The van der Waals surface area contributed by atoms with Gasteiger partial charge in [0.1, 0.15) is 5.60 Å². The molecule has 5 heteroatoms. The van der Waals surface area contributed by atoms with E-state index < -0.39 is 17.1 Å². The van der Waals surface area contributed by atoms with Crippen LogP contribution in [0.5, 0.6) is 0 Å². The summed E-state index contributed by atoms with van der Waals surface area (Å²) >= 11 is 0. The fourth-order valence-corrected chi connectivity index (χ4v) is 3.02. The Kier molecular flexibility index (Phi) is 3.61. The third kappa shape index (κ3) is 2.66. The summed E-state index contributed by atoms with van der Waals surface area (Å²) in [5.74, 6) is -1.00. The van der Waals surface area contributed by atoms with Gasteiger partial charge in [-0.05, 0) is 32.6 Å².